The molecule has 19 heavy (non-hydrogen) atoms. The number of rotatable bonds is 3. The molecule has 0 aromatic heterocycles. The molecule has 0 spiro atoms. The quantitative estimate of drug-likeness (QED) is 0.874. The van der Waals surface area contributed by atoms with E-state index >= 15 is 0 Å². The third-order valence-corrected chi connectivity index (χ3v) is 4.65. The molecule has 0 amide bonds. The second kappa shape index (κ2) is 5.64. The summed E-state index contributed by atoms with van der Waals surface area (Å²) >= 11 is 0. The third-order valence-electron chi connectivity index (χ3n) is 4.65. The highest BCUT2D eigenvalue weighted by molar-refractivity contribution is 5.40. The summed E-state index contributed by atoms with van der Waals surface area (Å²) < 4.78 is 0. The van der Waals surface area contributed by atoms with Gasteiger partial charge in [0.1, 0.15) is 0 Å². The lowest BCUT2D eigenvalue weighted by molar-refractivity contribution is -0.00872. The van der Waals surface area contributed by atoms with Gasteiger partial charge in [-0.15, -0.1) is 0 Å². The molecule has 2 N–H and O–H groups in total. The summed E-state index contributed by atoms with van der Waals surface area (Å²) in [6.07, 6.45) is 3.87. The molecule has 106 valence electrons. The summed E-state index contributed by atoms with van der Waals surface area (Å²) in [4.78, 5) is 0. The predicted molar refractivity (Wildman–Crippen MR) is 80.5 cm³/mol. The van der Waals surface area contributed by atoms with Gasteiger partial charge in [-0.2, -0.15) is 0 Å². The zero-order chi connectivity index (χ0) is 14.0. The number of hydrogen-bond donors (Lipinski definition) is 2. The van der Waals surface area contributed by atoms with E-state index in [4.69, 9.17) is 0 Å². The van der Waals surface area contributed by atoms with Gasteiger partial charge in [-0.1, -0.05) is 19.1 Å². The van der Waals surface area contributed by atoms with Crippen LogP contribution in [0.4, 0.5) is 0 Å². The van der Waals surface area contributed by atoms with Crippen LogP contribution in [0, 0.1) is 20.8 Å². The number of aliphatic hydroxyl groups is 1. The van der Waals surface area contributed by atoms with Crippen molar-refractivity contribution in [3.63, 3.8) is 0 Å². The number of aryl methyl sites for hydroxylation is 3. The fourth-order valence-corrected chi connectivity index (χ4v) is 3.32. The highest BCUT2D eigenvalue weighted by Gasteiger charge is 2.35. The summed E-state index contributed by atoms with van der Waals surface area (Å²) in [6.45, 7) is 9.56. The van der Waals surface area contributed by atoms with E-state index in [1.807, 2.05) is 0 Å². The van der Waals surface area contributed by atoms with E-state index in [1.54, 1.807) is 0 Å². The van der Waals surface area contributed by atoms with E-state index < -0.39 is 5.60 Å². The van der Waals surface area contributed by atoms with Crippen molar-refractivity contribution < 1.29 is 5.11 Å². The number of nitrogens with one attached hydrogen (secondary N) is 1. The van der Waals surface area contributed by atoms with E-state index in [0.717, 1.165) is 37.8 Å². The van der Waals surface area contributed by atoms with Gasteiger partial charge >= 0.3 is 0 Å². The lowest BCUT2D eigenvalue weighted by Crippen LogP contribution is -2.40. The van der Waals surface area contributed by atoms with E-state index in [-0.39, 0.29) is 0 Å². The maximum atomic E-state index is 11.0. The Morgan fingerprint density at radius 2 is 1.68 bits per heavy atom. The Morgan fingerprint density at radius 1 is 1.11 bits per heavy atom. The molecule has 2 nitrogen and oxygen atoms in total. The summed E-state index contributed by atoms with van der Waals surface area (Å²) in [6, 6.07) is 4.98. The van der Waals surface area contributed by atoms with Gasteiger partial charge in [0.2, 0.25) is 0 Å². The van der Waals surface area contributed by atoms with Crippen LogP contribution in [0.15, 0.2) is 12.1 Å². The first-order valence-corrected chi connectivity index (χ1v) is 7.50. The minimum atomic E-state index is -0.617. The lowest BCUT2D eigenvalue weighted by atomic mass is 9.75. The Morgan fingerprint density at radius 3 is 2.26 bits per heavy atom. The minimum Gasteiger partial charge on any atom is -0.385 e. The van der Waals surface area contributed by atoms with Gasteiger partial charge < -0.3 is 10.4 Å². The van der Waals surface area contributed by atoms with Gasteiger partial charge in [-0.25, -0.2) is 0 Å². The van der Waals surface area contributed by atoms with E-state index in [2.05, 4.69) is 45.1 Å². The van der Waals surface area contributed by atoms with E-state index in [9.17, 15) is 5.11 Å². The largest absolute Gasteiger partial charge is 0.385 e. The van der Waals surface area contributed by atoms with Crippen LogP contribution < -0.4 is 5.32 Å². The van der Waals surface area contributed by atoms with Crippen molar-refractivity contribution in [2.24, 2.45) is 0 Å². The summed E-state index contributed by atoms with van der Waals surface area (Å²) in [5.41, 5.74) is 4.35. The maximum Gasteiger partial charge on any atom is 0.0900 e. The second-order valence-electron chi connectivity index (χ2n) is 6.11. The summed E-state index contributed by atoms with van der Waals surface area (Å²) in [7, 11) is 0. The standard InChI is InChI=1S/C17H27NO/c1-5-18-15-6-8-17(19,9-7-15)16-11-13(3)12(2)10-14(16)4/h10-11,15,18-19H,5-9H2,1-4H3. The fourth-order valence-electron chi connectivity index (χ4n) is 3.32. The fraction of sp³-hybridized carbons (Fsp3) is 0.647. The Balaban J connectivity index is 2.20. The molecule has 0 atom stereocenters. The summed E-state index contributed by atoms with van der Waals surface area (Å²) in [5.74, 6) is 0. The van der Waals surface area contributed by atoms with Crippen LogP contribution >= 0.6 is 0 Å². The van der Waals surface area contributed by atoms with Crippen LogP contribution in [0.2, 0.25) is 0 Å². The molecular formula is C17H27NO. The molecule has 2 rings (SSSR count). The maximum absolute atomic E-state index is 11.0. The molecule has 1 aliphatic carbocycles. The molecule has 1 fully saturated rings. The average Bonchev–Trinajstić information content (AvgIpc) is 2.37. The monoisotopic (exact) mass is 261 g/mol. The molecule has 2 heteroatoms. The molecule has 0 radical (unpaired) electrons. The first-order chi connectivity index (χ1) is 8.96. The summed E-state index contributed by atoms with van der Waals surface area (Å²) in [5, 5.41) is 14.5. The Kier molecular flexibility index (Phi) is 4.32. The molecule has 1 saturated carbocycles. The SMILES string of the molecule is CCNC1CCC(O)(c2cc(C)c(C)cc2C)CC1. The lowest BCUT2D eigenvalue weighted by Gasteiger charge is -2.38. The molecule has 0 saturated heterocycles. The first kappa shape index (κ1) is 14.5. The minimum absolute atomic E-state index is 0.581. The molecule has 1 aromatic carbocycles. The Hall–Kier alpha value is -0.860. The van der Waals surface area contributed by atoms with Crippen LogP contribution in [0.25, 0.3) is 0 Å². The van der Waals surface area contributed by atoms with Crippen LogP contribution in [-0.2, 0) is 5.60 Å². The number of hydrogen-bond acceptors (Lipinski definition) is 2. The van der Waals surface area contributed by atoms with Crippen LogP contribution in [0.1, 0.15) is 54.9 Å². The van der Waals surface area contributed by atoms with Gasteiger partial charge in [-0.3, -0.25) is 0 Å². The van der Waals surface area contributed by atoms with Crippen molar-refractivity contribution in [3.8, 4) is 0 Å². The van der Waals surface area contributed by atoms with Gasteiger partial charge in [-0.05, 0) is 75.3 Å². The molecule has 0 unspecified atom stereocenters. The van der Waals surface area contributed by atoms with Crippen molar-refractivity contribution in [3.05, 3.63) is 34.4 Å². The molecule has 0 bridgehead atoms. The molecular weight excluding hydrogens is 234 g/mol. The van der Waals surface area contributed by atoms with Gasteiger partial charge in [0.15, 0.2) is 0 Å². The van der Waals surface area contributed by atoms with Crippen molar-refractivity contribution in [1.82, 2.24) is 5.32 Å². The van der Waals surface area contributed by atoms with Crippen molar-refractivity contribution >= 4 is 0 Å². The van der Waals surface area contributed by atoms with E-state index in [1.165, 1.54) is 16.7 Å². The predicted octanol–water partition coefficient (Wildman–Crippen LogP) is 3.35. The van der Waals surface area contributed by atoms with Crippen LogP contribution in [0.3, 0.4) is 0 Å². The third kappa shape index (κ3) is 3.01. The smallest absolute Gasteiger partial charge is 0.0900 e. The Bertz CT molecular complexity index is 445. The van der Waals surface area contributed by atoms with Crippen LogP contribution in [-0.4, -0.2) is 17.7 Å². The first-order valence-electron chi connectivity index (χ1n) is 7.50. The second-order valence-corrected chi connectivity index (χ2v) is 6.11. The molecule has 0 heterocycles. The number of benzene rings is 1. The zero-order valence-electron chi connectivity index (χ0n) is 12.7. The molecule has 1 aliphatic rings. The van der Waals surface area contributed by atoms with Gasteiger partial charge in [0, 0.05) is 6.04 Å². The average molecular weight is 261 g/mol. The van der Waals surface area contributed by atoms with E-state index in [0.29, 0.717) is 6.04 Å². The Labute approximate surface area is 117 Å². The highest BCUT2D eigenvalue weighted by atomic mass is 16.3. The van der Waals surface area contributed by atoms with Gasteiger partial charge in [0.25, 0.3) is 0 Å². The molecule has 0 aliphatic heterocycles. The van der Waals surface area contributed by atoms with Crippen molar-refractivity contribution in [2.75, 3.05) is 6.54 Å². The van der Waals surface area contributed by atoms with Crippen molar-refractivity contribution in [1.29, 1.82) is 0 Å². The van der Waals surface area contributed by atoms with Crippen LogP contribution in [0.5, 0.6) is 0 Å². The highest BCUT2D eigenvalue weighted by Crippen LogP contribution is 2.39. The normalized spacial score (nSPS) is 27.5. The topological polar surface area (TPSA) is 32.3 Å². The van der Waals surface area contributed by atoms with Crippen molar-refractivity contribution in [2.45, 2.75) is 65.0 Å². The van der Waals surface area contributed by atoms with Gasteiger partial charge in [0.05, 0.1) is 5.60 Å². The molecule has 1 aromatic rings. The zero-order valence-corrected chi connectivity index (χ0v) is 12.7.